The summed E-state index contributed by atoms with van der Waals surface area (Å²) in [4.78, 5) is 2.37. The topological polar surface area (TPSA) is 3.24 Å². The van der Waals surface area contributed by atoms with E-state index in [9.17, 15) is 0 Å². The van der Waals surface area contributed by atoms with E-state index in [4.69, 9.17) is 0 Å². The third-order valence-corrected chi connectivity index (χ3v) is 7.99. The Hall–Kier alpha value is -4.36. The zero-order chi connectivity index (χ0) is 24.8. The molecule has 0 saturated carbocycles. The molecule has 6 aromatic carbocycles. The molecule has 0 heterocycles. The Morgan fingerprint density at radius 3 is 1.73 bits per heavy atom. The van der Waals surface area contributed by atoms with Crippen molar-refractivity contribution in [3.8, 4) is 11.1 Å². The van der Waals surface area contributed by atoms with Crippen LogP contribution >= 0.6 is 0 Å². The second-order valence-corrected chi connectivity index (χ2v) is 10.2. The fraction of sp³-hybridized carbons (Fsp3) is 0.111. The van der Waals surface area contributed by atoms with Crippen LogP contribution in [0.2, 0.25) is 0 Å². The second kappa shape index (κ2) is 8.94. The van der Waals surface area contributed by atoms with E-state index in [-0.39, 0.29) is 0 Å². The SMILES string of the molecule is CC1CCc2c(c3ccccc3c3ccccc23)-c2cc(N(c3ccccc3)c3ccccc3)ccc21. The van der Waals surface area contributed by atoms with Gasteiger partial charge in [0.2, 0.25) is 0 Å². The van der Waals surface area contributed by atoms with Crippen LogP contribution in [0.4, 0.5) is 17.1 Å². The van der Waals surface area contributed by atoms with Crippen LogP contribution in [0.25, 0.3) is 32.7 Å². The predicted molar refractivity (Wildman–Crippen MR) is 158 cm³/mol. The van der Waals surface area contributed by atoms with Crippen molar-refractivity contribution in [3.05, 3.63) is 139 Å². The normalized spacial score (nSPS) is 14.7. The lowest BCUT2D eigenvalue weighted by Gasteiger charge is -2.27. The molecule has 1 atom stereocenters. The standard InChI is InChI=1S/C36H29N/c1-25-20-22-34-32-18-9-8-16-30(32)31-17-10-11-19-33(31)36(34)35-24-28(21-23-29(25)35)37(26-12-4-2-5-13-26)27-14-6-3-7-15-27/h2-19,21,23-25H,20,22H2,1H3. The van der Waals surface area contributed by atoms with Gasteiger partial charge in [0.25, 0.3) is 0 Å². The molecule has 6 aromatic rings. The highest BCUT2D eigenvalue weighted by Crippen LogP contribution is 2.47. The summed E-state index contributed by atoms with van der Waals surface area (Å²) in [5.74, 6) is 0.496. The largest absolute Gasteiger partial charge is 0.310 e. The van der Waals surface area contributed by atoms with E-state index < -0.39 is 0 Å². The summed E-state index contributed by atoms with van der Waals surface area (Å²) in [6.45, 7) is 2.39. The van der Waals surface area contributed by atoms with Gasteiger partial charge in [0.05, 0.1) is 0 Å². The quantitative estimate of drug-likeness (QED) is 0.230. The van der Waals surface area contributed by atoms with E-state index in [0.717, 1.165) is 12.8 Å². The number of anilines is 3. The van der Waals surface area contributed by atoms with Crippen molar-refractivity contribution < 1.29 is 0 Å². The molecule has 0 aliphatic heterocycles. The highest BCUT2D eigenvalue weighted by atomic mass is 15.1. The third kappa shape index (κ3) is 3.62. The molecule has 178 valence electrons. The molecule has 1 nitrogen and oxygen atoms in total. The van der Waals surface area contributed by atoms with Crippen LogP contribution in [0, 0.1) is 0 Å². The smallest absolute Gasteiger partial charge is 0.0467 e. The summed E-state index contributed by atoms with van der Waals surface area (Å²) in [5, 5.41) is 5.45. The lowest BCUT2D eigenvalue weighted by molar-refractivity contribution is 0.691. The van der Waals surface area contributed by atoms with Gasteiger partial charge in [-0.3, -0.25) is 0 Å². The Balaban J connectivity index is 1.55. The summed E-state index contributed by atoms with van der Waals surface area (Å²) < 4.78 is 0. The van der Waals surface area contributed by atoms with Crippen LogP contribution < -0.4 is 4.90 Å². The molecule has 0 aromatic heterocycles. The van der Waals surface area contributed by atoms with Crippen LogP contribution in [0.15, 0.2) is 127 Å². The number of fused-ring (bicyclic) bond motifs is 8. The molecular weight excluding hydrogens is 446 g/mol. The van der Waals surface area contributed by atoms with Gasteiger partial charge in [-0.15, -0.1) is 0 Å². The van der Waals surface area contributed by atoms with Gasteiger partial charge in [0, 0.05) is 17.1 Å². The predicted octanol–water partition coefficient (Wildman–Crippen LogP) is 10.2. The van der Waals surface area contributed by atoms with Crippen LogP contribution in [0.3, 0.4) is 0 Å². The Kier molecular flexibility index (Phi) is 5.29. The zero-order valence-corrected chi connectivity index (χ0v) is 21.1. The maximum absolute atomic E-state index is 2.44. The zero-order valence-electron chi connectivity index (χ0n) is 21.1. The maximum Gasteiger partial charge on any atom is 0.0467 e. The molecule has 1 aliphatic rings. The summed E-state index contributed by atoms with van der Waals surface area (Å²) in [6.07, 6.45) is 2.25. The van der Waals surface area contributed by atoms with E-state index in [1.807, 2.05) is 0 Å². The molecule has 37 heavy (non-hydrogen) atoms. The molecule has 0 bridgehead atoms. The van der Waals surface area contributed by atoms with Gasteiger partial charge >= 0.3 is 0 Å². The minimum absolute atomic E-state index is 0.496. The average molecular weight is 476 g/mol. The van der Waals surface area contributed by atoms with Crippen molar-refractivity contribution in [2.75, 3.05) is 4.90 Å². The van der Waals surface area contributed by atoms with Crippen LogP contribution in [-0.4, -0.2) is 0 Å². The number of nitrogens with zero attached hydrogens (tertiary/aromatic N) is 1. The van der Waals surface area contributed by atoms with E-state index in [0.29, 0.717) is 5.92 Å². The lowest BCUT2D eigenvalue weighted by atomic mass is 9.86. The molecule has 7 rings (SSSR count). The number of benzene rings is 6. The first kappa shape index (κ1) is 21.9. The molecule has 0 spiro atoms. The lowest BCUT2D eigenvalue weighted by Crippen LogP contribution is -2.10. The van der Waals surface area contributed by atoms with E-state index in [1.54, 1.807) is 0 Å². The molecule has 0 saturated heterocycles. The monoisotopic (exact) mass is 475 g/mol. The second-order valence-electron chi connectivity index (χ2n) is 10.2. The van der Waals surface area contributed by atoms with Gasteiger partial charge < -0.3 is 4.90 Å². The van der Waals surface area contributed by atoms with Gasteiger partial charge in [0.15, 0.2) is 0 Å². The number of hydrogen-bond acceptors (Lipinski definition) is 1. The summed E-state index contributed by atoms with van der Waals surface area (Å²) in [6, 6.07) is 46.5. The molecule has 0 radical (unpaired) electrons. The minimum Gasteiger partial charge on any atom is -0.310 e. The summed E-state index contributed by atoms with van der Waals surface area (Å²) >= 11 is 0. The molecule has 0 amide bonds. The highest BCUT2D eigenvalue weighted by Gasteiger charge is 2.25. The third-order valence-electron chi connectivity index (χ3n) is 7.99. The molecule has 1 heteroatoms. The molecule has 1 aliphatic carbocycles. The van der Waals surface area contributed by atoms with Gasteiger partial charge in [-0.2, -0.15) is 0 Å². The first-order chi connectivity index (χ1) is 18.3. The molecule has 0 N–H and O–H groups in total. The molecule has 0 fully saturated rings. The number of para-hydroxylation sites is 2. The number of hydrogen-bond donors (Lipinski definition) is 0. The minimum atomic E-state index is 0.496. The van der Waals surface area contributed by atoms with Crippen molar-refractivity contribution in [3.63, 3.8) is 0 Å². The Morgan fingerprint density at radius 1 is 0.541 bits per heavy atom. The Morgan fingerprint density at radius 2 is 1.08 bits per heavy atom. The van der Waals surface area contributed by atoms with Crippen molar-refractivity contribution in [1.82, 2.24) is 0 Å². The maximum atomic E-state index is 2.44. The van der Waals surface area contributed by atoms with Gasteiger partial charge in [0.1, 0.15) is 0 Å². The summed E-state index contributed by atoms with van der Waals surface area (Å²) in [5.41, 5.74) is 9.24. The van der Waals surface area contributed by atoms with Crippen LogP contribution in [-0.2, 0) is 6.42 Å². The van der Waals surface area contributed by atoms with Gasteiger partial charge in [-0.25, -0.2) is 0 Å². The summed E-state index contributed by atoms with van der Waals surface area (Å²) in [7, 11) is 0. The van der Waals surface area contributed by atoms with E-state index in [1.165, 1.54) is 60.9 Å². The van der Waals surface area contributed by atoms with Crippen molar-refractivity contribution in [2.24, 2.45) is 0 Å². The van der Waals surface area contributed by atoms with Crippen LogP contribution in [0.5, 0.6) is 0 Å². The first-order valence-electron chi connectivity index (χ1n) is 13.3. The van der Waals surface area contributed by atoms with Crippen molar-refractivity contribution >= 4 is 38.6 Å². The number of rotatable bonds is 3. The Labute approximate surface area is 218 Å². The van der Waals surface area contributed by atoms with Gasteiger partial charge in [-0.1, -0.05) is 97.9 Å². The fourth-order valence-corrected chi connectivity index (χ4v) is 6.23. The van der Waals surface area contributed by atoms with E-state index >= 15 is 0 Å². The average Bonchev–Trinajstić information content (AvgIpc) is 3.11. The highest BCUT2D eigenvalue weighted by molar-refractivity contribution is 6.16. The van der Waals surface area contributed by atoms with Gasteiger partial charge in [-0.05, 0) is 99.0 Å². The first-order valence-corrected chi connectivity index (χ1v) is 13.3. The fourth-order valence-electron chi connectivity index (χ4n) is 6.23. The van der Waals surface area contributed by atoms with Crippen LogP contribution in [0.1, 0.15) is 30.4 Å². The van der Waals surface area contributed by atoms with Crippen molar-refractivity contribution in [1.29, 1.82) is 0 Å². The molecule has 1 unspecified atom stereocenters. The molecular formula is C36H29N. The van der Waals surface area contributed by atoms with E-state index in [2.05, 4.69) is 139 Å². The van der Waals surface area contributed by atoms with Crippen molar-refractivity contribution in [2.45, 2.75) is 25.7 Å². The number of aryl methyl sites for hydroxylation is 1. The Bertz CT molecular complexity index is 1690.